The Bertz CT molecular complexity index is 925. The fourth-order valence-electron chi connectivity index (χ4n) is 2.59. The second kappa shape index (κ2) is 6.45. The zero-order valence-electron chi connectivity index (χ0n) is 13.2. The van der Waals surface area contributed by atoms with Gasteiger partial charge in [-0.2, -0.15) is 0 Å². The molecule has 4 rings (SSSR count). The third kappa shape index (κ3) is 3.14. The number of thiazole rings is 1. The third-order valence-corrected chi connectivity index (χ3v) is 4.58. The fourth-order valence-corrected chi connectivity index (χ4v) is 3.34. The second-order valence-corrected chi connectivity index (χ2v) is 6.44. The van der Waals surface area contributed by atoms with Crippen molar-refractivity contribution in [1.29, 1.82) is 0 Å². The first-order chi connectivity index (χ1) is 12.2. The smallest absolute Gasteiger partial charge is 0.268 e. The number of nitrogens with zero attached hydrogens (tertiary/aromatic N) is 1. The van der Waals surface area contributed by atoms with Crippen LogP contribution < -0.4 is 20.5 Å². The first-order valence-corrected chi connectivity index (χ1v) is 8.55. The Hall–Kier alpha value is -3.06. The molecule has 2 aromatic carbocycles. The molecular weight excluding hydrogens is 338 g/mol. The van der Waals surface area contributed by atoms with Crippen molar-refractivity contribution in [1.82, 2.24) is 4.98 Å². The molecule has 2 heterocycles. The van der Waals surface area contributed by atoms with Crippen molar-refractivity contribution in [3.8, 4) is 22.8 Å². The van der Waals surface area contributed by atoms with E-state index in [0.717, 1.165) is 16.9 Å². The summed E-state index contributed by atoms with van der Waals surface area (Å²) in [6.07, 6.45) is 0. The quantitative estimate of drug-likeness (QED) is 0.753. The van der Waals surface area contributed by atoms with Crippen LogP contribution in [0.1, 0.15) is 9.67 Å². The molecule has 0 radical (unpaired) electrons. The van der Waals surface area contributed by atoms with Gasteiger partial charge in [0.15, 0.2) is 16.6 Å². The molecule has 0 spiro atoms. The Balaban J connectivity index is 1.62. The van der Waals surface area contributed by atoms with Gasteiger partial charge in [-0.05, 0) is 12.1 Å². The highest BCUT2D eigenvalue weighted by Gasteiger charge is 2.20. The van der Waals surface area contributed by atoms with Crippen molar-refractivity contribution in [3.63, 3.8) is 0 Å². The number of carbonyl (C=O) groups excluding carboxylic acids is 1. The number of ether oxygens (including phenoxy) is 2. The van der Waals surface area contributed by atoms with Gasteiger partial charge in [0, 0.05) is 17.3 Å². The average Bonchev–Trinajstić information content (AvgIpc) is 3.04. The number of aromatic nitrogens is 1. The molecule has 0 saturated carbocycles. The van der Waals surface area contributed by atoms with E-state index in [1.54, 1.807) is 18.2 Å². The molecule has 6 nitrogen and oxygen atoms in total. The lowest BCUT2D eigenvalue weighted by Gasteiger charge is -2.18. The molecule has 3 aromatic rings. The fraction of sp³-hybridized carbons (Fsp3) is 0.111. The number of nitrogen functional groups attached to an aromatic ring is 1. The summed E-state index contributed by atoms with van der Waals surface area (Å²) in [7, 11) is 0. The van der Waals surface area contributed by atoms with Gasteiger partial charge in [0.1, 0.15) is 18.1 Å². The molecule has 25 heavy (non-hydrogen) atoms. The van der Waals surface area contributed by atoms with E-state index in [9.17, 15) is 4.79 Å². The van der Waals surface area contributed by atoms with E-state index < -0.39 is 0 Å². The molecule has 0 unspecified atom stereocenters. The number of carbonyl (C=O) groups is 1. The Kier molecular flexibility index (Phi) is 3.99. The second-order valence-electron chi connectivity index (χ2n) is 5.41. The molecule has 0 fully saturated rings. The summed E-state index contributed by atoms with van der Waals surface area (Å²) in [4.78, 5) is 17.5. The van der Waals surface area contributed by atoms with Gasteiger partial charge in [-0.25, -0.2) is 4.98 Å². The number of benzene rings is 2. The molecule has 1 aliphatic heterocycles. The van der Waals surface area contributed by atoms with Gasteiger partial charge in [-0.15, -0.1) is 0 Å². The maximum Gasteiger partial charge on any atom is 0.268 e. The number of hydrogen-bond donors (Lipinski definition) is 2. The number of fused-ring (bicyclic) bond motifs is 1. The minimum absolute atomic E-state index is 0.260. The summed E-state index contributed by atoms with van der Waals surface area (Å²) in [6, 6.07) is 14.8. The molecule has 0 aliphatic carbocycles. The Labute approximate surface area is 148 Å². The molecular formula is C18H15N3O3S. The first kappa shape index (κ1) is 15.5. The van der Waals surface area contributed by atoms with Crippen molar-refractivity contribution in [2.75, 3.05) is 24.3 Å². The van der Waals surface area contributed by atoms with Gasteiger partial charge in [-0.1, -0.05) is 41.7 Å². The van der Waals surface area contributed by atoms with Crippen LogP contribution in [-0.4, -0.2) is 24.1 Å². The van der Waals surface area contributed by atoms with Crippen molar-refractivity contribution in [2.45, 2.75) is 0 Å². The van der Waals surface area contributed by atoms with Crippen LogP contribution in [-0.2, 0) is 0 Å². The lowest BCUT2D eigenvalue weighted by molar-refractivity contribution is 0.103. The van der Waals surface area contributed by atoms with Crippen LogP contribution >= 0.6 is 11.3 Å². The summed E-state index contributed by atoms with van der Waals surface area (Å²) in [5.74, 6) is 1.04. The van der Waals surface area contributed by atoms with Gasteiger partial charge in [0.25, 0.3) is 5.91 Å². The standard InChI is InChI=1S/C18H15N3O3S/c19-18-21-15(11-4-2-1-3-5-11)16(25-18)17(22)20-12-6-7-13-14(10-12)24-9-8-23-13/h1-7,10H,8-9H2,(H2,19,21)(H,20,22). The Morgan fingerprint density at radius 2 is 1.84 bits per heavy atom. The van der Waals surface area contributed by atoms with Crippen molar-refractivity contribution < 1.29 is 14.3 Å². The molecule has 1 amide bonds. The normalized spacial score (nSPS) is 12.6. The maximum absolute atomic E-state index is 12.7. The van der Waals surface area contributed by atoms with Crippen molar-refractivity contribution in [2.24, 2.45) is 0 Å². The molecule has 3 N–H and O–H groups in total. The van der Waals surface area contributed by atoms with E-state index in [2.05, 4.69) is 10.3 Å². The molecule has 1 aromatic heterocycles. The molecule has 126 valence electrons. The number of amides is 1. The number of hydrogen-bond acceptors (Lipinski definition) is 6. The van der Waals surface area contributed by atoms with Gasteiger partial charge in [-0.3, -0.25) is 4.79 Å². The van der Waals surface area contributed by atoms with E-state index in [4.69, 9.17) is 15.2 Å². The summed E-state index contributed by atoms with van der Waals surface area (Å²) in [6.45, 7) is 1.02. The summed E-state index contributed by atoms with van der Waals surface area (Å²) in [5.41, 5.74) is 7.89. The van der Waals surface area contributed by atoms with Crippen LogP contribution in [0.25, 0.3) is 11.3 Å². The van der Waals surface area contributed by atoms with Crippen LogP contribution in [0.3, 0.4) is 0 Å². The lowest BCUT2D eigenvalue weighted by Crippen LogP contribution is -2.16. The van der Waals surface area contributed by atoms with Gasteiger partial charge >= 0.3 is 0 Å². The molecule has 0 saturated heterocycles. The average molecular weight is 353 g/mol. The van der Waals surface area contributed by atoms with Crippen LogP contribution in [0, 0.1) is 0 Å². The van der Waals surface area contributed by atoms with Crippen LogP contribution in [0.4, 0.5) is 10.8 Å². The predicted molar refractivity (Wildman–Crippen MR) is 97.3 cm³/mol. The topological polar surface area (TPSA) is 86.5 Å². The SMILES string of the molecule is Nc1nc(-c2ccccc2)c(C(=O)Nc2ccc3c(c2)OCCO3)s1. The predicted octanol–water partition coefficient (Wildman–Crippen LogP) is 3.42. The minimum Gasteiger partial charge on any atom is -0.486 e. The summed E-state index contributed by atoms with van der Waals surface area (Å²) in [5, 5.41) is 3.23. The minimum atomic E-state index is -0.260. The van der Waals surface area contributed by atoms with Crippen LogP contribution in [0.2, 0.25) is 0 Å². The molecule has 0 atom stereocenters. The van der Waals surface area contributed by atoms with Gasteiger partial charge < -0.3 is 20.5 Å². The molecule has 0 bridgehead atoms. The van der Waals surface area contributed by atoms with E-state index in [0.29, 0.717) is 46.1 Å². The largest absolute Gasteiger partial charge is 0.486 e. The number of anilines is 2. The van der Waals surface area contributed by atoms with Gasteiger partial charge in [0.05, 0.1) is 5.69 Å². The zero-order chi connectivity index (χ0) is 17.2. The number of rotatable bonds is 3. The van der Waals surface area contributed by atoms with Gasteiger partial charge in [0.2, 0.25) is 0 Å². The summed E-state index contributed by atoms with van der Waals surface area (Å²) >= 11 is 1.16. The highest BCUT2D eigenvalue weighted by atomic mass is 32.1. The van der Waals surface area contributed by atoms with E-state index in [1.165, 1.54) is 0 Å². The zero-order valence-corrected chi connectivity index (χ0v) is 14.0. The number of nitrogens with one attached hydrogen (secondary N) is 1. The maximum atomic E-state index is 12.7. The Morgan fingerprint density at radius 1 is 1.08 bits per heavy atom. The van der Waals surface area contributed by atoms with E-state index >= 15 is 0 Å². The third-order valence-electron chi connectivity index (χ3n) is 3.70. The molecule has 7 heteroatoms. The first-order valence-electron chi connectivity index (χ1n) is 7.73. The van der Waals surface area contributed by atoms with E-state index in [1.807, 2.05) is 30.3 Å². The monoisotopic (exact) mass is 353 g/mol. The van der Waals surface area contributed by atoms with Crippen LogP contribution in [0.5, 0.6) is 11.5 Å². The highest BCUT2D eigenvalue weighted by Crippen LogP contribution is 2.34. The molecule has 1 aliphatic rings. The highest BCUT2D eigenvalue weighted by molar-refractivity contribution is 7.17. The lowest BCUT2D eigenvalue weighted by atomic mass is 10.1. The number of nitrogens with two attached hydrogens (primary N) is 1. The Morgan fingerprint density at radius 3 is 2.64 bits per heavy atom. The van der Waals surface area contributed by atoms with Crippen molar-refractivity contribution in [3.05, 3.63) is 53.4 Å². The van der Waals surface area contributed by atoms with Crippen molar-refractivity contribution >= 4 is 28.1 Å². The van der Waals surface area contributed by atoms with Crippen LogP contribution in [0.15, 0.2) is 48.5 Å². The summed E-state index contributed by atoms with van der Waals surface area (Å²) < 4.78 is 11.0. The van der Waals surface area contributed by atoms with E-state index in [-0.39, 0.29) is 5.91 Å².